The highest BCUT2D eigenvalue weighted by Crippen LogP contribution is 2.23. The van der Waals surface area contributed by atoms with Gasteiger partial charge in [0.05, 0.1) is 6.10 Å². The maximum Gasteiger partial charge on any atom is 0.226 e. The van der Waals surface area contributed by atoms with E-state index in [4.69, 9.17) is 4.74 Å². The van der Waals surface area contributed by atoms with Gasteiger partial charge >= 0.3 is 0 Å². The number of carbonyl (C=O) groups excluding carboxylic acids is 1. The molecule has 23 heavy (non-hydrogen) atoms. The first-order chi connectivity index (χ1) is 11.2. The van der Waals surface area contributed by atoms with Gasteiger partial charge in [-0.3, -0.25) is 4.79 Å². The summed E-state index contributed by atoms with van der Waals surface area (Å²) in [6.45, 7) is 0.804. The zero-order valence-corrected chi connectivity index (χ0v) is 13.6. The van der Waals surface area contributed by atoms with Crippen LogP contribution in [0.2, 0.25) is 0 Å². The van der Waals surface area contributed by atoms with E-state index in [1.165, 1.54) is 17.4 Å². The number of hydrogen-bond acceptors (Lipinski definition) is 4. The first-order valence-corrected chi connectivity index (χ1v) is 8.62. The number of ether oxygens (including phenoxy) is 1. The van der Waals surface area contributed by atoms with Crippen molar-refractivity contribution in [2.45, 2.75) is 38.2 Å². The van der Waals surface area contributed by atoms with Crippen LogP contribution in [0.1, 0.15) is 36.1 Å². The van der Waals surface area contributed by atoms with Crippen molar-refractivity contribution in [3.8, 4) is 0 Å². The number of thiazole rings is 1. The lowest BCUT2D eigenvalue weighted by atomic mass is 10.1. The molecule has 1 atom stereocenters. The molecule has 6 heteroatoms. The Hall–Kier alpha value is -1.79. The molecule has 1 aliphatic heterocycles. The second-order valence-corrected chi connectivity index (χ2v) is 6.74. The molecule has 1 aromatic carbocycles. The minimum Gasteiger partial charge on any atom is -0.378 e. The van der Waals surface area contributed by atoms with Crippen LogP contribution in [-0.2, 0) is 16.0 Å². The molecule has 2 heterocycles. The van der Waals surface area contributed by atoms with Crippen molar-refractivity contribution >= 4 is 22.4 Å². The van der Waals surface area contributed by atoms with Gasteiger partial charge in [0.1, 0.15) is 5.82 Å². The Kier molecular flexibility index (Phi) is 5.35. The Morgan fingerprint density at radius 2 is 2.30 bits per heavy atom. The van der Waals surface area contributed by atoms with Crippen LogP contribution in [0.3, 0.4) is 0 Å². The Labute approximate surface area is 138 Å². The minimum absolute atomic E-state index is 0.0488. The van der Waals surface area contributed by atoms with Gasteiger partial charge in [-0.25, -0.2) is 9.37 Å². The highest BCUT2D eigenvalue weighted by molar-refractivity contribution is 7.15. The molecule has 1 aliphatic rings. The molecule has 4 nitrogen and oxygen atoms in total. The second kappa shape index (κ2) is 7.66. The van der Waals surface area contributed by atoms with Crippen LogP contribution in [0.15, 0.2) is 30.5 Å². The Balaban J connectivity index is 1.50. The molecule has 1 amide bonds. The van der Waals surface area contributed by atoms with Crippen molar-refractivity contribution < 1.29 is 13.9 Å². The molecule has 0 aliphatic carbocycles. The van der Waals surface area contributed by atoms with Crippen LogP contribution in [0.5, 0.6) is 0 Å². The summed E-state index contributed by atoms with van der Waals surface area (Å²) in [6.07, 6.45) is 5.69. The van der Waals surface area contributed by atoms with Crippen LogP contribution < -0.4 is 5.32 Å². The van der Waals surface area contributed by atoms with E-state index in [2.05, 4.69) is 10.3 Å². The van der Waals surface area contributed by atoms with Gasteiger partial charge in [-0.05, 0) is 30.9 Å². The van der Waals surface area contributed by atoms with Crippen LogP contribution in [0.4, 0.5) is 9.52 Å². The highest BCUT2D eigenvalue weighted by atomic mass is 32.1. The van der Waals surface area contributed by atoms with Crippen molar-refractivity contribution in [3.63, 3.8) is 0 Å². The topological polar surface area (TPSA) is 51.2 Å². The molecule has 0 saturated carbocycles. The summed E-state index contributed by atoms with van der Waals surface area (Å²) in [5, 5.41) is 3.37. The highest BCUT2D eigenvalue weighted by Gasteiger charge is 2.17. The molecule has 0 unspecified atom stereocenters. The number of benzene rings is 1. The van der Waals surface area contributed by atoms with E-state index < -0.39 is 0 Å². The molecule has 1 fully saturated rings. The molecule has 0 spiro atoms. The molecule has 3 rings (SSSR count). The van der Waals surface area contributed by atoms with E-state index in [1.54, 1.807) is 18.3 Å². The number of aromatic nitrogens is 1. The number of halogens is 1. The average molecular weight is 334 g/mol. The van der Waals surface area contributed by atoms with Gasteiger partial charge in [0.2, 0.25) is 5.91 Å². The molecule has 1 N–H and O–H groups in total. The molecule has 1 saturated heterocycles. The third-order valence-corrected chi connectivity index (χ3v) is 4.75. The summed E-state index contributed by atoms with van der Waals surface area (Å²) >= 11 is 1.38. The number of hydrogen-bond donors (Lipinski definition) is 1. The first-order valence-electron chi connectivity index (χ1n) is 7.80. The van der Waals surface area contributed by atoms with Crippen LogP contribution >= 0.6 is 11.3 Å². The molecule has 0 bridgehead atoms. The zero-order valence-electron chi connectivity index (χ0n) is 12.8. The second-order valence-electron chi connectivity index (χ2n) is 5.62. The summed E-state index contributed by atoms with van der Waals surface area (Å²) < 4.78 is 19.1. The van der Waals surface area contributed by atoms with Crippen LogP contribution in [0.25, 0.3) is 0 Å². The van der Waals surface area contributed by atoms with E-state index in [9.17, 15) is 9.18 Å². The van der Waals surface area contributed by atoms with Crippen molar-refractivity contribution in [1.82, 2.24) is 4.98 Å². The van der Waals surface area contributed by atoms with E-state index in [-0.39, 0.29) is 17.8 Å². The van der Waals surface area contributed by atoms with E-state index >= 15 is 0 Å². The number of anilines is 1. The monoisotopic (exact) mass is 334 g/mol. The van der Waals surface area contributed by atoms with E-state index in [0.29, 0.717) is 23.5 Å². The molecule has 1 aromatic heterocycles. The van der Waals surface area contributed by atoms with Crippen molar-refractivity contribution in [2.75, 3.05) is 11.9 Å². The lowest BCUT2D eigenvalue weighted by molar-refractivity contribution is -0.116. The number of carbonyl (C=O) groups is 1. The van der Waals surface area contributed by atoms with Crippen molar-refractivity contribution in [3.05, 3.63) is 46.7 Å². The fourth-order valence-electron chi connectivity index (χ4n) is 2.62. The van der Waals surface area contributed by atoms with Crippen LogP contribution in [-0.4, -0.2) is 23.6 Å². The fraction of sp³-hybridized carbons (Fsp3) is 0.412. The predicted molar refractivity (Wildman–Crippen MR) is 88.2 cm³/mol. The van der Waals surface area contributed by atoms with Gasteiger partial charge < -0.3 is 10.1 Å². The first kappa shape index (κ1) is 16.1. The zero-order chi connectivity index (χ0) is 16.1. The molecule has 122 valence electrons. The fourth-order valence-corrected chi connectivity index (χ4v) is 3.47. The van der Waals surface area contributed by atoms with E-state index in [1.807, 2.05) is 6.07 Å². The lowest BCUT2D eigenvalue weighted by Crippen LogP contribution is -2.15. The van der Waals surface area contributed by atoms with Crippen LogP contribution in [0, 0.1) is 5.82 Å². The SMILES string of the molecule is O=C(CC[C@@H]1CCCO1)Nc1ncc(Cc2ccccc2F)s1. The Morgan fingerprint density at radius 1 is 1.43 bits per heavy atom. The largest absolute Gasteiger partial charge is 0.378 e. The Bertz CT molecular complexity index is 668. The number of nitrogens with zero attached hydrogens (tertiary/aromatic N) is 1. The third kappa shape index (κ3) is 4.59. The van der Waals surface area contributed by atoms with Crippen molar-refractivity contribution in [2.24, 2.45) is 0 Å². The third-order valence-electron chi connectivity index (χ3n) is 3.84. The summed E-state index contributed by atoms with van der Waals surface area (Å²) in [4.78, 5) is 17.0. The van der Waals surface area contributed by atoms with Gasteiger partial charge in [0, 0.05) is 30.5 Å². The minimum atomic E-state index is -0.219. The summed E-state index contributed by atoms with van der Waals surface area (Å²) in [5.41, 5.74) is 0.632. The maximum atomic E-state index is 13.6. The van der Waals surface area contributed by atoms with Gasteiger partial charge in [-0.15, -0.1) is 11.3 Å². The Morgan fingerprint density at radius 3 is 3.09 bits per heavy atom. The van der Waals surface area contributed by atoms with Crippen molar-refractivity contribution in [1.29, 1.82) is 0 Å². The maximum absolute atomic E-state index is 13.6. The van der Waals surface area contributed by atoms with Gasteiger partial charge in [-0.1, -0.05) is 18.2 Å². The number of amides is 1. The van der Waals surface area contributed by atoms with Gasteiger partial charge in [-0.2, -0.15) is 0 Å². The van der Waals surface area contributed by atoms with Gasteiger partial charge in [0.25, 0.3) is 0 Å². The molecular weight excluding hydrogens is 315 g/mol. The number of nitrogens with one attached hydrogen (secondary N) is 1. The van der Waals surface area contributed by atoms with E-state index in [0.717, 1.165) is 30.7 Å². The molecule has 2 aromatic rings. The molecule has 0 radical (unpaired) electrons. The smallest absolute Gasteiger partial charge is 0.226 e. The predicted octanol–water partition coefficient (Wildman–Crippen LogP) is 3.77. The lowest BCUT2D eigenvalue weighted by Gasteiger charge is -2.07. The van der Waals surface area contributed by atoms with Gasteiger partial charge in [0.15, 0.2) is 5.13 Å². The average Bonchev–Trinajstić information content (AvgIpc) is 3.19. The number of rotatable bonds is 6. The summed E-state index contributed by atoms with van der Waals surface area (Å²) in [6, 6.07) is 6.69. The standard InChI is InChI=1S/C17H19FN2O2S/c18-15-6-2-1-4-12(15)10-14-11-19-17(23-14)20-16(21)8-7-13-5-3-9-22-13/h1-2,4,6,11,13H,3,5,7-10H2,(H,19,20,21)/t13-/m0/s1. The molecular formula is C17H19FN2O2S. The summed E-state index contributed by atoms with van der Waals surface area (Å²) in [5.74, 6) is -0.268. The normalized spacial score (nSPS) is 17.3. The quantitative estimate of drug-likeness (QED) is 0.875. The summed E-state index contributed by atoms with van der Waals surface area (Å²) in [7, 11) is 0.